The zero-order chi connectivity index (χ0) is 13.4. The van der Waals surface area contributed by atoms with Crippen LogP contribution < -0.4 is 5.73 Å². The number of imidazole rings is 1. The fourth-order valence-corrected chi connectivity index (χ4v) is 3.59. The minimum Gasteiger partial charge on any atom is -0.333 e. The van der Waals surface area contributed by atoms with Gasteiger partial charge in [0, 0.05) is 18.8 Å². The summed E-state index contributed by atoms with van der Waals surface area (Å²) in [5, 5.41) is 0. The highest BCUT2D eigenvalue weighted by Gasteiger charge is 2.29. The molecule has 3 rings (SSSR count). The molecule has 2 aliphatic rings. The standard InChI is InChI=1S/C15H26N4/c1-11(2)19-9-4-3-7-14(19)13-10-18-8-5-6-12(16)15(18)17-13/h10-12,14H,3-9,16H2,1-2H3. The normalized spacial score (nSPS) is 28.6. The van der Waals surface area contributed by atoms with Crippen LogP contribution in [0.25, 0.3) is 0 Å². The van der Waals surface area contributed by atoms with E-state index in [2.05, 4.69) is 29.5 Å². The summed E-state index contributed by atoms with van der Waals surface area (Å²) in [7, 11) is 0. The zero-order valence-electron chi connectivity index (χ0n) is 12.2. The van der Waals surface area contributed by atoms with E-state index in [1.165, 1.54) is 37.9 Å². The van der Waals surface area contributed by atoms with E-state index < -0.39 is 0 Å². The topological polar surface area (TPSA) is 47.1 Å². The number of nitrogens with zero attached hydrogens (tertiary/aromatic N) is 3. The quantitative estimate of drug-likeness (QED) is 0.891. The molecule has 0 amide bonds. The van der Waals surface area contributed by atoms with Crippen molar-refractivity contribution in [3.63, 3.8) is 0 Å². The minimum atomic E-state index is 0.138. The van der Waals surface area contributed by atoms with Crippen molar-refractivity contribution in [1.82, 2.24) is 14.5 Å². The van der Waals surface area contributed by atoms with Crippen LogP contribution in [0.5, 0.6) is 0 Å². The number of fused-ring (bicyclic) bond motifs is 1. The zero-order valence-corrected chi connectivity index (χ0v) is 12.2. The van der Waals surface area contributed by atoms with Gasteiger partial charge in [0.25, 0.3) is 0 Å². The van der Waals surface area contributed by atoms with Crippen LogP contribution in [0.3, 0.4) is 0 Å². The molecule has 0 radical (unpaired) electrons. The molecule has 3 heterocycles. The molecule has 1 aromatic rings. The van der Waals surface area contributed by atoms with Crippen LogP contribution in [0.1, 0.15) is 69.6 Å². The molecule has 2 N–H and O–H groups in total. The first-order valence-electron chi connectivity index (χ1n) is 7.75. The number of aromatic nitrogens is 2. The first kappa shape index (κ1) is 13.1. The van der Waals surface area contributed by atoms with Crippen molar-refractivity contribution in [2.24, 2.45) is 5.73 Å². The molecule has 4 heteroatoms. The van der Waals surface area contributed by atoms with Gasteiger partial charge in [-0.25, -0.2) is 4.98 Å². The summed E-state index contributed by atoms with van der Waals surface area (Å²) in [4.78, 5) is 7.48. The number of rotatable bonds is 2. The maximum absolute atomic E-state index is 6.19. The van der Waals surface area contributed by atoms with Gasteiger partial charge in [0.1, 0.15) is 5.82 Å². The lowest BCUT2D eigenvalue weighted by Crippen LogP contribution is -2.38. The van der Waals surface area contributed by atoms with Gasteiger partial charge in [-0.1, -0.05) is 6.42 Å². The maximum Gasteiger partial charge on any atom is 0.126 e. The van der Waals surface area contributed by atoms with Gasteiger partial charge in [-0.15, -0.1) is 0 Å². The maximum atomic E-state index is 6.19. The van der Waals surface area contributed by atoms with Gasteiger partial charge < -0.3 is 10.3 Å². The highest BCUT2D eigenvalue weighted by Crippen LogP contribution is 2.33. The molecule has 0 spiro atoms. The molecule has 2 aliphatic heterocycles. The molecule has 1 fully saturated rings. The Morgan fingerprint density at radius 2 is 2.05 bits per heavy atom. The Hall–Kier alpha value is -0.870. The lowest BCUT2D eigenvalue weighted by atomic mass is 9.98. The Morgan fingerprint density at radius 1 is 1.21 bits per heavy atom. The summed E-state index contributed by atoms with van der Waals surface area (Å²) in [5.41, 5.74) is 7.44. The lowest BCUT2D eigenvalue weighted by molar-refractivity contribution is 0.109. The van der Waals surface area contributed by atoms with Crippen LogP contribution >= 0.6 is 0 Å². The lowest BCUT2D eigenvalue weighted by Gasteiger charge is -2.37. The third-order valence-electron chi connectivity index (χ3n) is 4.62. The van der Waals surface area contributed by atoms with Gasteiger partial charge in [-0.05, 0) is 46.1 Å². The van der Waals surface area contributed by atoms with Gasteiger partial charge in [-0.3, -0.25) is 4.90 Å². The Bertz CT molecular complexity index is 437. The van der Waals surface area contributed by atoms with Crippen molar-refractivity contribution < 1.29 is 0 Å². The number of aryl methyl sites for hydroxylation is 1. The smallest absolute Gasteiger partial charge is 0.126 e. The van der Waals surface area contributed by atoms with E-state index >= 15 is 0 Å². The van der Waals surface area contributed by atoms with Crippen LogP contribution in [0.2, 0.25) is 0 Å². The minimum absolute atomic E-state index is 0.138. The van der Waals surface area contributed by atoms with E-state index in [0.717, 1.165) is 18.8 Å². The second kappa shape index (κ2) is 5.25. The molecule has 2 atom stereocenters. The molecular formula is C15H26N4. The van der Waals surface area contributed by atoms with Gasteiger partial charge in [-0.2, -0.15) is 0 Å². The summed E-state index contributed by atoms with van der Waals surface area (Å²) in [6.07, 6.45) is 8.41. The van der Waals surface area contributed by atoms with E-state index in [1.807, 2.05) is 0 Å². The third kappa shape index (κ3) is 2.43. The van der Waals surface area contributed by atoms with Crippen molar-refractivity contribution in [3.8, 4) is 0 Å². The Balaban J connectivity index is 1.88. The van der Waals surface area contributed by atoms with Gasteiger partial charge in [0.2, 0.25) is 0 Å². The molecule has 1 aromatic heterocycles. The van der Waals surface area contributed by atoms with E-state index in [4.69, 9.17) is 10.7 Å². The second-order valence-corrected chi connectivity index (χ2v) is 6.31. The fraction of sp³-hybridized carbons (Fsp3) is 0.800. The average molecular weight is 262 g/mol. The Morgan fingerprint density at radius 3 is 2.79 bits per heavy atom. The van der Waals surface area contributed by atoms with Crippen LogP contribution in [-0.4, -0.2) is 27.0 Å². The Labute approximate surface area is 116 Å². The van der Waals surface area contributed by atoms with E-state index in [1.54, 1.807) is 0 Å². The summed E-state index contributed by atoms with van der Waals surface area (Å²) >= 11 is 0. The molecule has 0 aliphatic carbocycles. The van der Waals surface area contributed by atoms with Crippen molar-refractivity contribution in [3.05, 3.63) is 17.7 Å². The highest BCUT2D eigenvalue weighted by atomic mass is 15.2. The summed E-state index contributed by atoms with van der Waals surface area (Å²) < 4.78 is 2.29. The predicted molar refractivity (Wildman–Crippen MR) is 76.8 cm³/mol. The predicted octanol–water partition coefficient (Wildman–Crippen LogP) is 2.61. The van der Waals surface area contributed by atoms with E-state index in [9.17, 15) is 0 Å². The monoisotopic (exact) mass is 262 g/mol. The number of nitrogens with two attached hydrogens (primary N) is 1. The first-order chi connectivity index (χ1) is 9.16. The molecule has 106 valence electrons. The molecule has 0 saturated carbocycles. The van der Waals surface area contributed by atoms with Crippen LogP contribution in [-0.2, 0) is 6.54 Å². The molecule has 19 heavy (non-hydrogen) atoms. The molecule has 0 bridgehead atoms. The van der Waals surface area contributed by atoms with E-state index in [-0.39, 0.29) is 6.04 Å². The van der Waals surface area contributed by atoms with Gasteiger partial charge in [0.15, 0.2) is 0 Å². The van der Waals surface area contributed by atoms with Gasteiger partial charge >= 0.3 is 0 Å². The number of piperidine rings is 1. The molecule has 2 unspecified atom stereocenters. The van der Waals surface area contributed by atoms with Crippen LogP contribution in [0.15, 0.2) is 6.20 Å². The van der Waals surface area contributed by atoms with Crippen molar-refractivity contribution >= 4 is 0 Å². The fourth-order valence-electron chi connectivity index (χ4n) is 3.59. The molecular weight excluding hydrogens is 236 g/mol. The van der Waals surface area contributed by atoms with Crippen LogP contribution in [0.4, 0.5) is 0 Å². The SMILES string of the molecule is CC(C)N1CCCCC1c1cn2c(n1)C(N)CCC2. The highest BCUT2D eigenvalue weighted by molar-refractivity contribution is 5.14. The molecule has 4 nitrogen and oxygen atoms in total. The summed E-state index contributed by atoms with van der Waals surface area (Å²) in [6.45, 7) is 6.88. The van der Waals surface area contributed by atoms with E-state index in [0.29, 0.717) is 12.1 Å². The van der Waals surface area contributed by atoms with Crippen molar-refractivity contribution in [2.75, 3.05) is 6.54 Å². The van der Waals surface area contributed by atoms with Crippen molar-refractivity contribution in [2.45, 2.75) is 70.6 Å². The number of hydrogen-bond acceptors (Lipinski definition) is 3. The molecule has 1 saturated heterocycles. The summed E-state index contributed by atoms with van der Waals surface area (Å²) in [6, 6.07) is 1.23. The first-order valence-corrected chi connectivity index (χ1v) is 7.75. The summed E-state index contributed by atoms with van der Waals surface area (Å²) in [5.74, 6) is 1.11. The molecule has 0 aromatic carbocycles. The third-order valence-corrected chi connectivity index (χ3v) is 4.62. The number of hydrogen-bond donors (Lipinski definition) is 1. The largest absolute Gasteiger partial charge is 0.333 e. The average Bonchev–Trinajstić information content (AvgIpc) is 2.84. The van der Waals surface area contributed by atoms with Crippen LogP contribution in [0, 0.1) is 0 Å². The van der Waals surface area contributed by atoms with Gasteiger partial charge in [0.05, 0.1) is 17.8 Å². The van der Waals surface area contributed by atoms with Crippen molar-refractivity contribution in [1.29, 1.82) is 0 Å². The second-order valence-electron chi connectivity index (χ2n) is 6.31. The number of likely N-dealkylation sites (tertiary alicyclic amines) is 1. The Kier molecular flexibility index (Phi) is 3.63.